The molecule has 27 heavy (non-hydrogen) atoms. The highest BCUT2D eigenvalue weighted by Crippen LogP contribution is 2.23. The van der Waals surface area contributed by atoms with Gasteiger partial charge in [-0.15, -0.1) is 0 Å². The summed E-state index contributed by atoms with van der Waals surface area (Å²) in [6.45, 7) is 0.706. The molecule has 138 valence electrons. The van der Waals surface area contributed by atoms with Crippen molar-refractivity contribution in [2.75, 3.05) is 7.11 Å². The first-order valence-corrected chi connectivity index (χ1v) is 9.65. The summed E-state index contributed by atoms with van der Waals surface area (Å²) in [4.78, 5) is 12.8. The summed E-state index contributed by atoms with van der Waals surface area (Å²) in [5.41, 5.74) is 2.98. The SMILES string of the molecule is COc1ccc(C(=O)CC(NCc2ccccc2)c2ccc(Br)cc2)cc1. The first-order valence-electron chi connectivity index (χ1n) is 8.86. The molecule has 3 aromatic rings. The normalized spacial score (nSPS) is 11.8. The smallest absolute Gasteiger partial charge is 0.164 e. The van der Waals surface area contributed by atoms with Crippen molar-refractivity contribution in [1.82, 2.24) is 5.32 Å². The molecule has 0 amide bonds. The van der Waals surface area contributed by atoms with Crippen LogP contribution >= 0.6 is 15.9 Å². The fraction of sp³-hybridized carbons (Fsp3) is 0.174. The number of carbonyl (C=O) groups is 1. The van der Waals surface area contributed by atoms with Crippen molar-refractivity contribution in [2.45, 2.75) is 19.0 Å². The summed E-state index contributed by atoms with van der Waals surface area (Å²) in [5.74, 6) is 0.851. The van der Waals surface area contributed by atoms with Crippen molar-refractivity contribution in [3.8, 4) is 5.75 Å². The van der Waals surface area contributed by atoms with Crippen LogP contribution < -0.4 is 10.1 Å². The van der Waals surface area contributed by atoms with E-state index in [1.807, 2.05) is 66.7 Å². The highest BCUT2D eigenvalue weighted by molar-refractivity contribution is 9.10. The van der Waals surface area contributed by atoms with Gasteiger partial charge in [0.25, 0.3) is 0 Å². The maximum atomic E-state index is 12.8. The molecular weight excluding hydrogens is 402 g/mol. The lowest BCUT2D eigenvalue weighted by Crippen LogP contribution is -2.23. The Bertz CT molecular complexity index is 861. The van der Waals surface area contributed by atoms with E-state index in [0.29, 0.717) is 18.5 Å². The van der Waals surface area contributed by atoms with E-state index in [-0.39, 0.29) is 11.8 Å². The summed E-state index contributed by atoms with van der Waals surface area (Å²) >= 11 is 3.47. The molecule has 0 spiro atoms. The maximum Gasteiger partial charge on any atom is 0.164 e. The number of Topliss-reactive ketones (excluding diaryl/α,β-unsaturated/α-hetero) is 1. The van der Waals surface area contributed by atoms with Crippen LogP contribution in [0.25, 0.3) is 0 Å². The molecule has 0 saturated carbocycles. The number of halogens is 1. The highest BCUT2D eigenvalue weighted by atomic mass is 79.9. The van der Waals surface area contributed by atoms with E-state index >= 15 is 0 Å². The number of carbonyl (C=O) groups excluding carboxylic acids is 1. The number of ether oxygens (including phenoxy) is 1. The molecule has 4 heteroatoms. The molecule has 0 aliphatic heterocycles. The van der Waals surface area contributed by atoms with Crippen LogP contribution in [0.3, 0.4) is 0 Å². The zero-order valence-corrected chi connectivity index (χ0v) is 16.8. The zero-order valence-electron chi connectivity index (χ0n) is 15.2. The van der Waals surface area contributed by atoms with Crippen molar-refractivity contribution in [1.29, 1.82) is 0 Å². The molecule has 0 aliphatic carbocycles. The van der Waals surface area contributed by atoms with Gasteiger partial charge < -0.3 is 10.1 Å². The van der Waals surface area contributed by atoms with E-state index in [4.69, 9.17) is 4.74 Å². The van der Waals surface area contributed by atoms with Gasteiger partial charge in [-0.1, -0.05) is 58.4 Å². The van der Waals surface area contributed by atoms with Crippen LogP contribution in [-0.4, -0.2) is 12.9 Å². The molecule has 3 nitrogen and oxygen atoms in total. The molecule has 0 radical (unpaired) electrons. The van der Waals surface area contributed by atoms with Gasteiger partial charge in [-0.05, 0) is 47.5 Å². The molecule has 3 rings (SSSR count). The number of rotatable bonds is 8. The third-order valence-electron chi connectivity index (χ3n) is 4.47. The largest absolute Gasteiger partial charge is 0.497 e. The topological polar surface area (TPSA) is 38.3 Å². The number of benzene rings is 3. The summed E-state index contributed by atoms with van der Waals surface area (Å²) in [6, 6.07) is 25.5. The van der Waals surface area contributed by atoms with Crippen LogP contribution in [0.1, 0.15) is 33.9 Å². The Hall–Kier alpha value is -2.43. The van der Waals surface area contributed by atoms with Crippen molar-refractivity contribution in [3.63, 3.8) is 0 Å². The minimum atomic E-state index is -0.0621. The molecule has 0 aliphatic rings. The highest BCUT2D eigenvalue weighted by Gasteiger charge is 2.17. The first kappa shape index (κ1) is 19.3. The first-order chi connectivity index (χ1) is 13.2. The second-order valence-corrected chi connectivity index (χ2v) is 7.24. The standard InChI is InChI=1S/C23H22BrNO2/c1-27-21-13-9-19(10-14-21)23(26)15-22(18-7-11-20(24)12-8-18)25-16-17-5-3-2-4-6-17/h2-14,22,25H,15-16H2,1H3. The van der Waals surface area contributed by atoms with Gasteiger partial charge in [-0.3, -0.25) is 4.79 Å². The lowest BCUT2D eigenvalue weighted by molar-refractivity contribution is 0.0968. The summed E-state index contributed by atoms with van der Waals surface area (Å²) in [5, 5.41) is 3.53. The molecule has 0 aromatic heterocycles. The number of hydrogen-bond donors (Lipinski definition) is 1. The van der Waals surface area contributed by atoms with E-state index < -0.39 is 0 Å². The van der Waals surface area contributed by atoms with Crippen LogP contribution in [-0.2, 0) is 6.54 Å². The quantitative estimate of drug-likeness (QED) is 0.481. The van der Waals surface area contributed by atoms with Gasteiger partial charge in [-0.2, -0.15) is 0 Å². The Morgan fingerprint density at radius 3 is 2.26 bits per heavy atom. The Kier molecular flexibility index (Phi) is 6.80. The number of nitrogens with one attached hydrogen (secondary N) is 1. The van der Waals surface area contributed by atoms with Crippen LogP contribution in [0, 0.1) is 0 Å². The summed E-state index contributed by atoms with van der Waals surface area (Å²) < 4.78 is 6.19. The number of hydrogen-bond acceptors (Lipinski definition) is 3. The Labute approximate surface area is 168 Å². The monoisotopic (exact) mass is 423 g/mol. The average molecular weight is 424 g/mol. The number of ketones is 1. The predicted molar refractivity (Wildman–Crippen MR) is 112 cm³/mol. The fourth-order valence-electron chi connectivity index (χ4n) is 2.92. The van der Waals surface area contributed by atoms with E-state index in [1.54, 1.807) is 7.11 Å². The molecule has 1 N–H and O–H groups in total. The third-order valence-corrected chi connectivity index (χ3v) is 5.00. The predicted octanol–water partition coefficient (Wildman–Crippen LogP) is 5.56. The van der Waals surface area contributed by atoms with E-state index in [9.17, 15) is 4.79 Å². The molecule has 3 aromatic carbocycles. The molecule has 0 bridgehead atoms. The van der Waals surface area contributed by atoms with Gasteiger partial charge in [0.2, 0.25) is 0 Å². The Morgan fingerprint density at radius 2 is 1.63 bits per heavy atom. The average Bonchev–Trinajstić information content (AvgIpc) is 2.72. The minimum absolute atomic E-state index is 0.0621. The van der Waals surface area contributed by atoms with Crippen LogP contribution in [0.2, 0.25) is 0 Å². The van der Waals surface area contributed by atoms with Gasteiger partial charge in [-0.25, -0.2) is 0 Å². The van der Waals surface area contributed by atoms with Gasteiger partial charge in [0, 0.05) is 29.0 Å². The lowest BCUT2D eigenvalue weighted by Gasteiger charge is -2.19. The van der Waals surface area contributed by atoms with Crippen molar-refractivity contribution < 1.29 is 9.53 Å². The Morgan fingerprint density at radius 1 is 0.963 bits per heavy atom. The van der Waals surface area contributed by atoms with E-state index in [0.717, 1.165) is 15.8 Å². The molecule has 1 unspecified atom stereocenters. The van der Waals surface area contributed by atoms with E-state index in [2.05, 4.69) is 33.4 Å². The Balaban J connectivity index is 1.75. The number of methoxy groups -OCH3 is 1. The minimum Gasteiger partial charge on any atom is -0.497 e. The van der Waals surface area contributed by atoms with Crippen molar-refractivity contribution in [3.05, 3.63) is 100 Å². The lowest BCUT2D eigenvalue weighted by atomic mass is 9.97. The van der Waals surface area contributed by atoms with Gasteiger partial charge in [0.05, 0.1) is 7.11 Å². The fourth-order valence-corrected chi connectivity index (χ4v) is 3.18. The molecule has 1 atom stereocenters. The van der Waals surface area contributed by atoms with Crippen LogP contribution in [0.5, 0.6) is 5.75 Å². The van der Waals surface area contributed by atoms with E-state index in [1.165, 1.54) is 5.56 Å². The van der Waals surface area contributed by atoms with Gasteiger partial charge in [0.1, 0.15) is 5.75 Å². The van der Waals surface area contributed by atoms with Gasteiger partial charge >= 0.3 is 0 Å². The van der Waals surface area contributed by atoms with Gasteiger partial charge in [0.15, 0.2) is 5.78 Å². The molecular formula is C23H22BrNO2. The van der Waals surface area contributed by atoms with Crippen molar-refractivity contribution >= 4 is 21.7 Å². The summed E-state index contributed by atoms with van der Waals surface area (Å²) in [6.07, 6.45) is 0.390. The molecule has 0 heterocycles. The molecule has 0 saturated heterocycles. The van der Waals surface area contributed by atoms with Crippen LogP contribution in [0.4, 0.5) is 0 Å². The second-order valence-electron chi connectivity index (χ2n) is 6.33. The van der Waals surface area contributed by atoms with Crippen molar-refractivity contribution in [2.24, 2.45) is 0 Å². The summed E-state index contributed by atoms with van der Waals surface area (Å²) in [7, 11) is 1.62. The zero-order chi connectivity index (χ0) is 19.1. The third kappa shape index (κ3) is 5.52. The molecule has 0 fully saturated rings. The van der Waals surface area contributed by atoms with Crippen LogP contribution in [0.15, 0.2) is 83.3 Å². The second kappa shape index (κ2) is 9.49. The maximum absolute atomic E-state index is 12.8.